The van der Waals surface area contributed by atoms with Crippen LogP contribution in [0, 0.1) is 0 Å². The molecule has 23 heavy (non-hydrogen) atoms. The number of aromatic nitrogens is 2. The fourth-order valence-corrected chi connectivity index (χ4v) is 2.33. The zero-order chi connectivity index (χ0) is 16.8. The molecule has 0 spiro atoms. The zero-order valence-corrected chi connectivity index (χ0v) is 13.9. The normalized spacial score (nSPS) is 15.0. The highest BCUT2D eigenvalue weighted by Crippen LogP contribution is 2.08. The van der Waals surface area contributed by atoms with E-state index >= 15 is 0 Å². The summed E-state index contributed by atoms with van der Waals surface area (Å²) in [6.07, 6.45) is 0. The van der Waals surface area contributed by atoms with Gasteiger partial charge in [-0.2, -0.15) is 0 Å². The van der Waals surface area contributed by atoms with Crippen molar-refractivity contribution < 1.29 is 9.59 Å². The topological polar surface area (TPSA) is 81.7 Å². The number of anilines is 1. The maximum absolute atomic E-state index is 12.4. The van der Waals surface area contributed by atoms with E-state index in [2.05, 4.69) is 20.4 Å². The minimum atomic E-state index is -0.138. The third-order valence-corrected chi connectivity index (χ3v) is 3.76. The van der Waals surface area contributed by atoms with Gasteiger partial charge in [0.25, 0.3) is 5.91 Å². The molecule has 0 bridgehead atoms. The Kier molecular flexibility index (Phi) is 5.86. The lowest BCUT2D eigenvalue weighted by Crippen LogP contribution is -2.50. The van der Waals surface area contributed by atoms with E-state index < -0.39 is 0 Å². The number of amides is 2. The summed E-state index contributed by atoms with van der Waals surface area (Å²) < 4.78 is 0. The minimum Gasteiger partial charge on any atom is -0.367 e. The second-order valence-electron chi connectivity index (χ2n) is 5.83. The number of hydrogen-bond acceptors (Lipinski definition) is 6. The van der Waals surface area contributed by atoms with Crippen molar-refractivity contribution in [3.63, 3.8) is 0 Å². The van der Waals surface area contributed by atoms with Gasteiger partial charge in [-0.1, -0.05) is 0 Å². The Morgan fingerprint density at radius 3 is 2.30 bits per heavy atom. The predicted molar refractivity (Wildman–Crippen MR) is 87.2 cm³/mol. The molecule has 126 valence electrons. The van der Waals surface area contributed by atoms with Crippen LogP contribution >= 0.6 is 0 Å². The standard InChI is InChI=1S/C15H24N6O2/c1-12(22)20-8-10-21(11-9-20)15(23)13-4-5-14(18-17-13)16-6-7-19(2)3/h4-5H,6-11H2,1-3H3,(H,16,18). The van der Waals surface area contributed by atoms with Crippen LogP contribution < -0.4 is 5.32 Å². The van der Waals surface area contributed by atoms with Crippen molar-refractivity contribution in [3.05, 3.63) is 17.8 Å². The highest BCUT2D eigenvalue weighted by molar-refractivity contribution is 5.92. The Morgan fingerprint density at radius 2 is 1.78 bits per heavy atom. The largest absolute Gasteiger partial charge is 0.367 e. The van der Waals surface area contributed by atoms with Gasteiger partial charge in [-0.25, -0.2) is 0 Å². The average Bonchev–Trinajstić information content (AvgIpc) is 2.54. The lowest BCUT2D eigenvalue weighted by atomic mass is 10.2. The first-order valence-electron chi connectivity index (χ1n) is 7.74. The molecule has 0 saturated carbocycles. The minimum absolute atomic E-state index is 0.0463. The van der Waals surface area contributed by atoms with Crippen LogP contribution in [0.3, 0.4) is 0 Å². The molecule has 8 nitrogen and oxygen atoms in total. The Bertz CT molecular complexity index is 537. The van der Waals surface area contributed by atoms with E-state index in [9.17, 15) is 9.59 Å². The number of nitrogens with zero attached hydrogens (tertiary/aromatic N) is 5. The fraction of sp³-hybridized carbons (Fsp3) is 0.600. The molecular weight excluding hydrogens is 296 g/mol. The van der Waals surface area contributed by atoms with E-state index in [0.29, 0.717) is 37.7 Å². The molecule has 1 aliphatic heterocycles. The average molecular weight is 320 g/mol. The molecular formula is C15H24N6O2. The summed E-state index contributed by atoms with van der Waals surface area (Å²) in [6.45, 7) is 5.40. The summed E-state index contributed by atoms with van der Waals surface area (Å²) in [4.78, 5) is 29.2. The summed E-state index contributed by atoms with van der Waals surface area (Å²) in [6, 6.07) is 3.45. The SMILES string of the molecule is CC(=O)N1CCN(C(=O)c2ccc(NCCN(C)C)nn2)CC1. The quantitative estimate of drug-likeness (QED) is 0.806. The molecule has 0 radical (unpaired) electrons. The number of piperazine rings is 1. The van der Waals surface area contributed by atoms with Crippen LogP contribution in [0.25, 0.3) is 0 Å². The zero-order valence-electron chi connectivity index (χ0n) is 13.9. The number of nitrogens with one attached hydrogen (secondary N) is 1. The van der Waals surface area contributed by atoms with Gasteiger partial charge < -0.3 is 20.0 Å². The van der Waals surface area contributed by atoms with Gasteiger partial charge in [0.15, 0.2) is 5.69 Å². The van der Waals surface area contributed by atoms with Crippen molar-refractivity contribution in [2.75, 3.05) is 58.7 Å². The number of rotatable bonds is 5. The molecule has 1 aromatic rings. The summed E-state index contributed by atoms with van der Waals surface area (Å²) in [5.41, 5.74) is 0.333. The van der Waals surface area contributed by atoms with E-state index in [-0.39, 0.29) is 11.8 Å². The number of likely N-dealkylation sites (N-methyl/N-ethyl adjacent to an activating group) is 1. The molecule has 1 N–H and O–H groups in total. The van der Waals surface area contributed by atoms with Crippen LogP contribution in [0.4, 0.5) is 5.82 Å². The first-order valence-corrected chi connectivity index (χ1v) is 7.74. The van der Waals surface area contributed by atoms with Crippen LogP contribution in [0.1, 0.15) is 17.4 Å². The van der Waals surface area contributed by atoms with Crippen molar-refractivity contribution in [1.29, 1.82) is 0 Å². The molecule has 0 unspecified atom stereocenters. The number of carbonyl (C=O) groups is 2. The first-order chi connectivity index (χ1) is 11.0. The Morgan fingerprint density at radius 1 is 1.13 bits per heavy atom. The summed E-state index contributed by atoms with van der Waals surface area (Å²) in [5.74, 6) is 0.565. The first kappa shape index (κ1) is 17.1. The van der Waals surface area contributed by atoms with Gasteiger partial charge in [-0.15, -0.1) is 10.2 Å². The van der Waals surface area contributed by atoms with Crippen molar-refractivity contribution >= 4 is 17.6 Å². The molecule has 0 atom stereocenters. The molecule has 2 rings (SSSR count). The molecule has 1 aromatic heterocycles. The van der Waals surface area contributed by atoms with Crippen LogP contribution in [-0.2, 0) is 4.79 Å². The second-order valence-corrected chi connectivity index (χ2v) is 5.83. The maximum atomic E-state index is 12.4. The molecule has 2 heterocycles. The third-order valence-electron chi connectivity index (χ3n) is 3.76. The van der Waals surface area contributed by atoms with Crippen LogP contribution in [0.15, 0.2) is 12.1 Å². The smallest absolute Gasteiger partial charge is 0.274 e. The molecule has 0 aromatic carbocycles. The van der Waals surface area contributed by atoms with Crippen molar-refractivity contribution in [1.82, 2.24) is 24.9 Å². The fourth-order valence-electron chi connectivity index (χ4n) is 2.33. The van der Waals surface area contributed by atoms with Crippen molar-refractivity contribution in [2.45, 2.75) is 6.92 Å². The van der Waals surface area contributed by atoms with Crippen LogP contribution in [-0.4, -0.2) is 90.1 Å². The lowest BCUT2D eigenvalue weighted by molar-refractivity contribution is -0.130. The monoisotopic (exact) mass is 320 g/mol. The number of carbonyl (C=O) groups excluding carboxylic acids is 2. The van der Waals surface area contributed by atoms with Crippen molar-refractivity contribution in [3.8, 4) is 0 Å². The van der Waals surface area contributed by atoms with Gasteiger partial charge in [-0.05, 0) is 26.2 Å². The summed E-state index contributed by atoms with van der Waals surface area (Å²) in [7, 11) is 4.00. The van der Waals surface area contributed by atoms with Gasteiger partial charge in [0.05, 0.1) is 0 Å². The molecule has 2 amide bonds. The Hall–Kier alpha value is -2.22. The third kappa shape index (κ3) is 4.88. The maximum Gasteiger partial charge on any atom is 0.274 e. The Balaban J connectivity index is 1.87. The van der Waals surface area contributed by atoms with E-state index in [4.69, 9.17) is 0 Å². The van der Waals surface area contributed by atoms with E-state index in [1.54, 1.807) is 28.9 Å². The second kappa shape index (κ2) is 7.87. The Labute approximate surface area is 136 Å². The van der Waals surface area contributed by atoms with Gasteiger partial charge in [0.1, 0.15) is 5.82 Å². The van der Waals surface area contributed by atoms with Gasteiger partial charge in [-0.3, -0.25) is 9.59 Å². The summed E-state index contributed by atoms with van der Waals surface area (Å²) in [5, 5.41) is 11.2. The summed E-state index contributed by atoms with van der Waals surface area (Å²) >= 11 is 0. The molecule has 1 fully saturated rings. The van der Waals surface area contributed by atoms with Crippen LogP contribution in [0.5, 0.6) is 0 Å². The van der Waals surface area contributed by atoms with Gasteiger partial charge in [0.2, 0.25) is 5.91 Å². The van der Waals surface area contributed by atoms with Gasteiger partial charge >= 0.3 is 0 Å². The molecule has 1 saturated heterocycles. The lowest BCUT2D eigenvalue weighted by Gasteiger charge is -2.33. The predicted octanol–water partition coefficient (Wildman–Crippen LogP) is -0.246. The van der Waals surface area contributed by atoms with Crippen molar-refractivity contribution in [2.24, 2.45) is 0 Å². The van der Waals surface area contributed by atoms with E-state index in [1.165, 1.54) is 0 Å². The van der Waals surface area contributed by atoms with E-state index in [1.807, 2.05) is 14.1 Å². The molecule has 8 heteroatoms. The van der Waals surface area contributed by atoms with Gasteiger partial charge in [0, 0.05) is 46.2 Å². The van der Waals surface area contributed by atoms with E-state index in [0.717, 1.165) is 13.1 Å². The highest BCUT2D eigenvalue weighted by Gasteiger charge is 2.24. The number of hydrogen-bond donors (Lipinski definition) is 1. The molecule has 0 aliphatic carbocycles. The highest BCUT2D eigenvalue weighted by atomic mass is 16.2. The molecule has 1 aliphatic rings. The van der Waals surface area contributed by atoms with Crippen LogP contribution in [0.2, 0.25) is 0 Å².